The van der Waals surface area contributed by atoms with Crippen molar-refractivity contribution in [1.29, 1.82) is 0 Å². The molecule has 0 fully saturated rings. The van der Waals surface area contributed by atoms with Crippen LogP contribution in [-0.4, -0.2) is 58.6 Å². The van der Waals surface area contributed by atoms with Crippen molar-refractivity contribution < 1.29 is 18.6 Å². The van der Waals surface area contributed by atoms with Gasteiger partial charge in [-0.25, -0.2) is 9.38 Å². The fraction of sp³-hybridized carbons (Fsp3) is 0.632. The van der Waals surface area contributed by atoms with E-state index < -0.39 is 0 Å². The van der Waals surface area contributed by atoms with Gasteiger partial charge in [0.05, 0.1) is 19.8 Å². The number of nitrogens with one attached hydrogen (secondary N) is 2. The number of aliphatic imine (C=N–C) groups is 1. The number of nitrogens with zero attached hydrogens (tertiary/aromatic N) is 1. The van der Waals surface area contributed by atoms with Crippen molar-refractivity contribution in [2.75, 3.05) is 46.6 Å². The summed E-state index contributed by atoms with van der Waals surface area (Å²) in [4.78, 5) is 4.54. The zero-order valence-corrected chi connectivity index (χ0v) is 16.1. The Kier molecular flexibility index (Phi) is 12.2. The molecule has 1 aromatic carbocycles. The Morgan fingerprint density at radius 1 is 1.15 bits per heavy atom. The molecule has 1 aromatic rings. The molecule has 0 saturated carbocycles. The third-order valence-corrected chi connectivity index (χ3v) is 3.57. The van der Waals surface area contributed by atoms with E-state index in [4.69, 9.17) is 14.2 Å². The molecule has 26 heavy (non-hydrogen) atoms. The van der Waals surface area contributed by atoms with Crippen molar-refractivity contribution in [3.63, 3.8) is 0 Å². The van der Waals surface area contributed by atoms with Crippen LogP contribution in [0, 0.1) is 5.82 Å². The predicted molar refractivity (Wildman–Crippen MR) is 102 cm³/mol. The van der Waals surface area contributed by atoms with Crippen LogP contribution in [0.2, 0.25) is 0 Å². The Balaban J connectivity index is 2.41. The lowest BCUT2D eigenvalue weighted by Crippen LogP contribution is -2.39. The fourth-order valence-electron chi connectivity index (χ4n) is 2.13. The Morgan fingerprint density at radius 3 is 2.65 bits per heavy atom. The van der Waals surface area contributed by atoms with E-state index in [1.54, 1.807) is 25.3 Å². The van der Waals surface area contributed by atoms with Crippen LogP contribution in [0.3, 0.4) is 0 Å². The summed E-state index contributed by atoms with van der Waals surface area (Å²) in [6, 6.07) is 6.43. The highest BCUT2D eigenvalue weighted by Crippen LogP contribution is 2.18. The molecule has 6 nitrogen and oxygen atoms in total. The van der Waals surface area contributed by atoms with Gasteiger partial charge in [0.15, 0.2) is 17.5 Å². The predicted octanol–water partition coefficient (Wildman–Crippen LogP) is 2.59. The van der Waals surface area contributed by atoms with E-state index >= 15 is 0 Å². The van der Waals surface area contributed by atoms with Gasteiger partial charge in [0.25, 0.3) is 0 Å². The van der Waals surface area contributed by atoms with Crippen LogP contribution < -0.4 is 15.4 Å². The minimum absolute atomic E-state index is 0.181. The van der Waals surface area contributed by atoms with Crippen LogP contribution in [0.5, 0.6) is 5.75 Å². The van der Waals surface area contributed by atoms with Crippen molar-refractivity contribution in [3.8, 4) is 5.75 Å². The van der Waals surface area contributed by atoms with Gasteiger partial charge in [0, 0.05) is 26.8 Å². The summed E-state index contributed by atoms with van der Waals surface area (Å²) < 4.78 is 29.8. The molecule has 1 rings (SSSR count). The molecule has 1 unspecified atom stereocenters. The number of hydrogen-bond donors (Lipinski definition) is 2. The first-order valence-electron chi connectivity index (χ1n) is 9.21. The Hall–Kier alpha value is -1.86. The van der Waals surface area contributed by atoms with Crippen LogP contribution in [0.4, 0.5) is 4.39 Å². The van der Waals surface area contributed by atoms with Gasteiger partial charge >= 0.3 is 0 Å². The molecule has 7 heteroatoms. The number of guanidine groups is 1. The van der Waals surface area contributed by atoms with E-state index in [9.17, 15) is 4.39 Å². The maximum absolute atomic E-state index is 13.7. The lowest BCUT2D eigenvalue weighted by molar-refractivity contribution is 0.0698. The molecule has 0 bridgehead atoms. The summed E-state index contributed by atoms with van der Waals surface area (Å²) in [5.74, 6) is 0.633. The molecule has 0 heterocycles. The molecule has 2 N–H and O–H groups in total. The van der Waals surface area contributed by atoms with Gasteiger partial charge in [-0.2, -0.15) is 0 Å². The van der Waals surface area contributed by atoms with Crippen molar-refractivity contribution in [2.45, 2.75) is 32.8 Å². The highest BCUT2D eigenvalue weighted by molar-refractivity contribution is 5.79. The maximum Gasteiger partial charge on any atom is 0.191 e. The number of methoxy groups -OCH3 is 1. The number of para-hydroxylation sites is 1. The zero-order chi connectivity index (χ0) is 19.0. The quantitative estimate of drug-likeness (QED) is 0.318. The van der Waals surface area contributed by atoms with Gasteiger partial charge < -0.3 is 24.8 Å². The first-order chi connectivity index (χ1) is 12.7. The fourth-order valence-corrected chi connectivity index (χ4v) is 2.13. The molecule has 0 aliphatic heterocycles. The Morgan fingerprint density at radius 2 is 1.96 bits per heavy atom. The smallest absolute Gasteiger partial charge is 0.191 e. The third kappa shape index (κ3) is 9.58. The monoisotopic (exact) mass is 369 g/mol. The minimum Gasteiger partial charge on any atom is -0.485 e. The number of rotatable bonds is 13. The van der Waals surface area contributed by atoms with E-state index in [-0.39, 0.29) is 17.7 Å². The third-order valence-electron chi connectivity index (χ3n) is 3.57. The van der Waals surface area contributed by atoms with Crippen LogP contribution in [0.25, 0.3) is 0 Å². The van der Waals surface area contributed by atoms with E-state index in [1.165, 1.54) is 6.07 Å². The SMILES string of the molecule is CCNC(=NCC(CC)Oc1ccccc1F)NCCCOCCOC. The normalized spacial score (nSPS) is 12.7. The van der Waals surface area contributed by atoms with Crippen LogP contribution in [0.1, 0.15) is 26.7 Å². The molecule has 0 spiro atoms. The topological polar surface area (TPSA) is 64.1 Å². The number of benzene rings is 1. The second kappa shape index (κ2) is 14.3. The average molecular weight is 369 g/mol. The van der Waals surface area contributed by atoms with Crippen LogP contribution in [0.15, 0.2) is 29.3 Å². The number of halogens is 1. The highest BCUT2D eigenvalue weighted by atomic mass is 19.1. The lowest BCUT2D eigenvalue weighted by Gasteiger charge is -2.17. The number of hydrogen-bond acceptors (Lipinski definition) is 4. The molecule has 0 amide bonds. The molecule has 0 aromatic heterocycles. The summed E-state index contributed by atoms with van der Waals surface area (Å²) in [5, 5.41) is 6.46. The van der Waals surface area contributed by atoms with E-state index in [1.807, 2.05) is 13.8 Å². The number of ether oxygens (including phenoxy) is 3. The summed E-state index contributed by atoms with van der Waals surface area (Å²) in [7, 11) is 1.66. The van der Waals surface area contributed by atoms with E-state index in [2.05, 4.69) is 15.6 Å². The Labute approximate surface area is 156 Å². The Bertz CT molecular complexity index is 515. The molecular weight excluding hydrogens is 337 g/mol. The lowest BCUT2D eigenvalue weighted by atomic mass is 10.2. The average Bonchev–Trinajstić information content (AvgIpc) is 2.65. The standard InChI is InChI=1S/C19H32FN3O3/c1-4-16(26-18-10-7-6-9-17(18)20)15-23-19(21-5-2)22-11-8-12-25-14-13-24-3/h6-7,9-10,16H,4-5,8,11-15H2,1-3H3,(H2,21,22,23). The minimum atomic E-state index is -0.353. The van der Waals surface area contributed by atoms with Crippen molar-refractivity contribution in [1.82, 2.24) is 10.6 Å². The van der Waals surface area contributed by atoms with E-state index in [0.717, 1.165) is 31.9 Å². The zero-order valence-electron chi connectivity index (χ0n) is 16.1. The van der Waals surface area contributed by atoms with Gasteiger partial charge in [-0.1, -0.05) is 19.1 Å². The van der Waals surface area contributed by atoms with Gasteiger partial charge in [-0.05, 0) is 31.9 Å². The second-order valence-electron chi connectivity index (χ2n) is 5.68. The van der Waals surface area contributed by atoms with Crippen molar-refractivity contribution in [3.05, 3.63) is 30.1 Å². The van der Waals surface area contributed by atoms with Gasteiger partial charge in [0.1, 0.15) is 6.10 Å². The van der Waals surface area contributed by atoms with E-state index in [0.29, 0.717) is 26.4 Å². The molecule has 0 saturated heterocycles. The molecular formula is C19H32FN3O3. The van der Waals surface area contributed by atoms with Gasteiger partial charge in [-0.3, -0.25) is 0 Å². The van der Waals surface area contributed by atoms with Crippen molar-refractivity contribution in [2.24, 2.45) is 4.99 Å². The van der Waals surface area contributed by atoms with Crippen molar-refractivity contribution >= 4 is 5.96 Å². The summed E-state index contributed by atoms with van der Waals surface area (Å²) >= 11 is 0. The summed E-state index contributed by atoms with van der Waals surface area (Å²) in [6.45, 7) is 7.87. The molecule has 148 valence electrons. The molecule has 0 aliphatic rings. The molecule has 1 atom stereocenters. The second-order valence-corrected chi connectivity index (χ2v) is 5.68. The largest absolute Gasteiger partial charge is 0.485 e. The van der Waals surface area contributed by atoms with Crippen LogP contribution in [-0.2, 0) is 9.47 Å². The van der Waals surface area contributed by atoms with Gasteiger partial charge in [0.2, 0.25) is 0 Å². The molecule has 0 aliphatic carbocycles. The summed E-state index contributed by atoms with van der Waals surface area (Å²) in [5.41, 5.74) is 0. The molecule has 0 radical (unpaired) electrons. The first-order valence-corrected chi connectivity index (χ1v) is 9.21. The highest BCUT2D eigenvalue weighted by Gasteiger charge is 2.11. The summed E-state index contributed by atoms with van der Waals surface area (Å²) in [6.07, 6.45) is 1.43. The van der Waals surface area contributed by atoms with Gasteiger partial charge in [-0.15, -0.1) is 0 Å². The maximum atomic E-state index is 13.7. The van der Waals surface area contributed by atoms with Crippen LogP contribution >= 0.6 is 0 Å². The first kappa shape index (κ1) is 22.2.